The van der Waals surface area contributed by atoms with E-state index in [2.05, 4.69) is 4.90 Å². The van der Waals surface area contributed by atoms with Crippen molar-refractivity contribution < 1.29 is 5.02 Å². The molecule has 1 aromatic carbocycles. The van der Waals surface area contributed by atoms with Gasteiger partial charge in [-0.3, -0.25) is 0 Å². The molecule has 4 heteroatoms. The summed E-state index contributed by atoms with van der Waals surface area (Å²) in [6.45, 7) is 2.38. The van der Waals surface area contributed by atoms with Gasteiger partial charge in [0.15, 0.2) is 0 Å². The highest BCUT2D eigenvalue weighted by Gasteiger charge is 2.04. The molecule has 1 aromatic rings. The van der Waals surface area contributed by atoms with Crippen molar-refractivity contribution >= 4 is 12.9 Å². The first kappa shape index (κ1) is 11.2. The van der Waals surface area contributed by atoms with E-state index >= 15 is 0 Å². The summed E-state index contributed by atoms with van der Waals surface area (Å²) in [6.07, 6.45) is 0. The van der Waals surface area contributed by atoms with Gasteiger partial charge in [-0.05, 0) is 18.1 Å². The zero-order chi connectivity index (χ0) is 10.4. The van der Waals surface area contributed by atoms with Crippen LogP contribution in [0.5, 0.6) is 0 Å². The first-order valence-corrected chi connectivity index (χ1v) is 4.84. The van der Waals surface area contributed by atoms with Gasteiger partial charge >= 0.3 is 7.48 Å². The quantitative estimate of drug-likeness (QED) is 0.591. The predicted octanol–water partition coefficient (Wildman–Crippen LogP) is -0.954. The van der Waals surface area contributed by atoms with Crippen molar-refractivity contribution in [3.63, 3.8) is 0 Å². The maximum Gasteiger partial charge on any atom is 0.305 e. The Hall–Kier alpha value is -0.835. The highest BCUT2D eigenvalue weighted by molar-refractivity contribution is 6.46. The van der Waals surface area contributed by atoms with Crippen molar-refractivity contribution in [3.8, 4) is 0 Å². The van der Waals surface area contributed by atoms with Gasteiger partial charge in [-0.15, -0.1) is 0 Å². The molecule has 0 aliphatic carbocycles. The minimum atomic E-state index is 0.104. The van der Waals surface area contributed by atoms with Crippen LogP contribution in [0.3, 0.4) is 0 Å². The maximum absolute atomic E-state index is 9.12. The average Bonchev–Trinajstić information content (AvgIpc) is 2.19. The number of hydrogen-bond donors (Lipinski definition) is 2. The van der Waals surface area contributed by atoms with Crippen LogP contribution in [0.1, 0.15) is 5.56 Å². The molecule has 0 heterocycles. The second-order valence-electron chi connectivity index (χ2n) is 3.45. The molecule has 0 amide bonds. The molecule has 1 rings (SSSR count). The van der Waals surface area contributed by atoms with Crippen molar-refractivity contribution in [3.05, 3.63) is 29.8 Å². The molecule has 0 saturated heterocycles. The fourth-order valence-electron chi connectivity index (χ4n) is 1.46. The molecule has 0 unspecified atom stereocenters. The van der Waals surface area contributed by atoms with Gasteiger partial charge in [0, 0.05) is 19.6 Å². The molecule has 0 aliphatic heterocycles. The van der Waals surface area contributed by atoms with E-state index in [1.807, 2.05) is 31.3 Å². The lowest BCUT2D eigenvalue weighted by Gasteiger charge is -2.17. The Labute approximate surface area is 85.8 Å². The Morgan fingerprint density at radius 2 is 2.14 bits per heavy atom. The van der Waals surface area contributed by atoms with Crippen LogP contribution in [-0.2, 0) is 6.54 Å². The summed E-state index contributed by atoms with van der Waals surface area (Å²) in [7, 11) is 2.13. The minimum Gasteiger partial charge on any atom is -0.449 e. The minimum absolute atomic E-state index is 0.104. The molecular weight excluding hydrogens is 175 g/mol. The molecule has 0 radical (unpaired) electrons. The molecule has 0 aliphatic rings. The summed E-state index contributed by atoms with van der Waals surface area (Å²) in [6, 6.07) is 7.92. The van der Waals surface area contributed by atoms with Crippen LogP contribution >= 0.6 is 0 Å². The average molecular weight is 192 g/mol. The Bertz CT molecular complexity index is 281. The molecule has 3 nitrogen and oxygen atoms in total. The fourth-order valence-corrected chi connectivity index (χ4v) is 1.46. The summed E-state index contributed by atoms with van der Waals surface area (Å²) in [5.74, 6) is 0. The molecule has 3 N–H and O–H groups in total. The normalized spacial score (nSPS) is 10.6. The summed E-state index contributed by atoms with van der Waals surface area (Å²) >= 11 is 0. The van der Waals surface area contributed by atoms with Crippen LogP contribution in [0.25, 0.3) is 0 Å². The van der Waals surface area contributed by atoms with Crippen LogP contribution in [0.15, 0.2) is 24.3 Å². The number of likely N-dealkylation sites (N-methyl/N-ethyl adjacent to an activating group) is 1. The lowest BCUT2D eigenvalue weighted by atomic mass is 9.84. The van der Waals surface area contributed by atoms with Gasteiger partial charge in [0.25, 0.3) is 0 Å². The fraction of sp³-hybridized carbons (Fsp3) is 0.400. The molecule has 14 heavy (non-hydrogen) atoms. The zero-order valence-electron chi connectivity index (χ0n) is 8.61. The predicted molar refractivity (Wildman–Crippen MR) is 60.8 cm³/mol. The van der Waals surface area contributed by atoms with Gasteiger partial charge in [0.1, 0.15) is 0 Å². The first-order chi connectivity index (χ1) is 6.77. The summed E-state index contributed by atoms with van der Waals surface area (Å²) in [5.41, 5.74) is 7.63. The Morgan fingerprint density at radius 1 is 1.43 bits per heavy atom. The second kappa shape index (κ2) is 5.80. The Balaban J connectivity index is 2.65. The number of hydrogen-bond acceptors (Lipinski definition) is 3. The van der Waals surface area contributed by atoms with Crippen LogP contribution in [0.4, 0.5) is 0 Å². The Morgan fingerprint density at radius 3 is 2.79 bits per heavy atom. The monoisotopic (exact) mass is 192 g/mol. The molecule has 0 fully saturated rings. The third-order valence-corrected chi connectivity index (χ3v) is 2.24. The third-order valence-electron chi connectivity index (χ3n) is 2.24. The van der Waals surface area contributed by atoms with E-state index in [0.717, 1.165) is 18.6 Å². The number of benzene rings is 1. The van der Waals surface area contributed by atoms with Gasteiger partial charge in [0.2, 0.25) is 0 Å². The largest absolute Gasteiger partial charge is 0.449 e. The summed E-state index contributed by atoms with van der Waals surface area (Å²) < 4.78 is 0. The van der Waals surface area contributed by atoms with Gasteiger partial charge in [-0.25, -0.2) is 0 Å². The first-order valence-electron chi connectivity index (χ1n) is 4.84. The van der Waals surface area contributed by atoms with E-state index < -0.39 is 0 Å². The lowest BCUT2D eigenvalue weighted by Crippen LogP contribution is -2.29. The van der Waals surface area contributed by atoms with Crippen LogP contribution < -0.4 is 11.2 Å². The summed E-state index contributed by atoms with van der Waals surface area (Å²) in [4.78, 5) is 2.15. The van der Waals surface area contributed by atoms with E-state index in [9.17, 15) is 0 Å². The smallest absolute Gasteiger partial charge is 0.305 e. The van der Waals surface area contributed by atoms with Crippen molar-refractivity contribution in [2.45, 2.75) is 6.54 Å². The van der Waals surface area contributed by atoms with Crippen LogP contribution in [0, 0.1) is 0 Å². The van der Waals surface area contributed by atoms with E-state index in [0.29, 0.717) is 6.54 Å². The van der Waals surface area contributed by atoms with Gasteiger partial charge in [0.05, 0.1) is 0 Å². The molecule has 0 atom stereocenters. The van der Waals surface area contributed by atoms with E-state index in [1.54, 1.807) is 0 Å². The zero-order valence-corrected chi connectivity index (χ0v) is 8.61. The number of nitrogens with zero attached hydrogens (tertiary/aromatic N) is 1. The van der Waals surface area contributed by atoms with Crippen LogP contribution in [-0.4, -0.2) is 37.5 Å². The van der Waals surface area contributed by atoms with Crippen molar-refractivity contribution in [1.29, 1.82) is 0 Å². The van der Waals surface area contributed by atoms with Crippen molar-refractivity contribution in [1.82, 2.24) is 4.90 Å². The second-order valence-corrected chi connectivity index (χ2v) is 3.45. The standard InChI is InChI=1S/C10H17BN2O/c1-13(7-6-12)8-9-4-2-3-5-10(9)11-14/h2-5,11,14H,6-8,12H2,1H3. The van der Waals surface area contributed by atoms with Crippen molar-refractivity contribution in [2.75, 3.05) is 20.1 Å². The molecule has 0 aromatic heterocycles. The molecule has 76 valence electrons. The number of nitrogens with two attached hydrogens (primary N) is 1. The molecule has 0 spiro atoms. The van der Waals surface area contributed by atoms with Crippen LogP contribution in [0.2, 0.25) is 0 Å². The number of rotatable bonds is 5. The summed E-state index contributed by atoms with van der Waals surface area (Å²) in [5, 5.41) is 9.12. The Kier molecular flexibility index (Phi) is 4.66. The van der Waals surface area contributed by atoms with Gasteiger partial charge in [-0.1, -0.05) is 24.3 Å². The van der Waals surface area contributed by atoms with Gasteiger partial charge < -0.3 is 15.7 Å². The molecule has 0 bridgehead atoms. The SMILES string of the molecule is CN(CCN)Cc1ccccc1BO. The van der Waals surface area contributed by atoms with Gasteiger partial charge in [-0.2, -0.15) is 0 Å². The molecular formula is C10H17BN2O. The highest BCUT2D eigenvalue weighted by atomic mass is 16.2. The molecule has 0 saturated carbocycles. The van der Waals surface area contributed by atoms with E-state index in [-0.39, 0.29) is 7.48 Å². The lowest BCUT2D eigenvalue weighted by molar-refractivity contribution is 0.337. The van der Waals surface area contributed by atoms with Crippen molar-refractivity contribution in [2.24, 2.45) is 5.73 Å². The van der Waals surface area contributed by atoms with E-state index in [1.165, 1.54) is 5.56 Å². The maximum atomic E-state index is 9.12. The highest BCUT2D eigenvalue weighted by Crippen LogP contribution is 1.99. The van der Waals surface area contributed by atoms with E-state index in [4.69, 9.17) is 10.8 Å². The third kappa shape index (κ3) is 3.14. The topological polar surface area (TPSA) is 49.5 Å².